The Bertz CT molecular complexity index is 909. The third kappa shape index (κ3) is 2.40. The van der Waals surface area contributed by atoms with Crippen LogP contribution in [0.2, 0.25) is 5.02 Å². The van der Waals surface area contributed by atoms with Gasteiger partial charge in [-0.3, -0.25) is 0 Å². The van der Waals surface area contributed by atoms with E-state index in [4.69, 9.17) is 16.7 Å². The van der Waals surface area contributed by atoms with Crippen molar-refractivity contribution in [1.82, 2.24) is 4.98 Å². The van der Waals surface area contributed by atoms with Crippen LogP contribution in [0.25, 0.3) is 27.6 Å². The Morgan fingerprint density at radius 2 is 1.95 bits per heavy atom. The van der Waals surface area contributed by atoms with Crippen molar-refractivity contribution in [2.75, 3.05) is 0 Å². The molecule has 3 aromatic rings. The van der Waals surface area contributed by atoms with Gasteiger partial charge in [-0.25, -0.2) is 4.79 Å². The maximum Gasteiger partial charge on any atom is 0.335 e. The number of nitrogens with one attached hydrogen (secondary N) is 1. The normalized spacial score (nSPS) is 10.8. The molecule has 110 valence electrons. The molecule has 1 aromatic heterocycles. The lowest BCUT2D eigenvalue weighted by Gasteiger charge is -2.07. The molecule has 0 radical (unpaired) electrons. The third-order valence-corrected chi connectivity index (χ3v) is 3.94. The number of benzene rings is 2. The van der Waals surface area contributed by atoms with Crippen molar-refractivity contribution >= 4 is 34.0 Å². The molecular weight excluding hydrogens is 298 g/mol. The number of aromatic nitrogens is 1. The highest BCUT2D eigenvalue weighted by Crippen LogP contribution is 2.35. The molecule has 0 unspecified atom stereocenters. The van der Waals surface area contributed by atoms with Gasteiger partial charge in [0.1, 0.15) is 0 Å². The Labute approximate surface area is 132 Å². The molecule has 0 fully saturated rings. The van der Waals surface area contributed by atoms with Gasteiger partial charge in [0, 0.05) is 27.2 Å². The van der Waals surface area contributed by atoms with Gasteiger partial charge in [0.25, 0.3) is 0 Å². The molecular formula is C18H14ClNO2. The summed E-state index contributed by atoms with van der Waals surface area (Å²) in [5.41, 5.74) is 4.87. The minimum atomic E-state index is -0.988. The topological polar surface area (TPSA) is 53.1 Å². The van der Waals surface area contributed by atoms with Crippen LogP contribution >= 0.6 is 11.6 Å². The van der Waals surface area contributed by atoms with Crippen LogP contribution in [0.4, 0.5) is 0 Å². The van der Waals surface area contributed by atoms with E-state index >= 15 is 0 Å². The van der Waals surface area contributed by atoms with Gasteiger partial charge in [-0.15, -0.1) is 0 Å². The van der Waals surface area contributed by atoms with Gasteiger partial charge in [0.05, 0.1) is 5.56 Å². The first-order valence-electron chi connectivity index (χ1n) is 6.78. The minimum Gasteiger partial charge on any atom is -0.478 e. The van der Waals surface area contributed by atoms with Gasteiger partial charge >= 0.3 is 5.97 Å². The van der Waals surface area contributed by atoms with E-state index in [-0.39, 0.29) is 5.56 Å². The number of carboxylic acids is 1. The molecule has 0 aliphatic rings. The molecule has 3 nitrogen and oxygen atoms in total. The third-order valence-electron chi connectivity index (χ3n) is 3.63. The van der Waals surface area contributed by atoms with E-state index in [9.17, 15) is 4.79 Å². The van der Waals surface area contributed by atoms with E-state index in [0.29, 0.717) is 5.02 Å². The maximum atomic E-state index is 11.0. The SMILES string of the molecule is C=C(C)c1cc2c(-c3ccc(C(=O)O)cc3Cl)cccc2[nH]1. The van der Waals surface area contributed by atoms with Crippen molar-refractivity contribution < 1.29 is 9.90 Å². The van der Waals surface area contributed by atoms with Crippen LogP contribution in [-0.2, 0) is 0 Å². The highest BCUT2D eigenvalue weighted by Gasteiger charge is 2.12. The van der Waals surface area contributed by atoms with Crippen LogP contribution in [0.1, 0.15) is 23.0 Å². The predicted octanol–water partition coefficient (Wildman–Crippen LogP) is 5.22. The first kappa shape index (κ1) is 14.4. The monoisotopic (exact) mass is 311 g/mol. The standard InChI is InChI=1S/C18H14ClNO2/c1-10(2)17-9-14-12(4-3-5-16(14)20-17)13-7-6-11(18(21)22)8-15(13)19/h3-9,20H,1H2,2H3,(H,21,22). The number of fused-ring (bicyclic) bond motifs is 1. The summed E-state index contributed by atoms with van der Waals surface area (Å²) >= 11 is 6.29. The molecule has 2 N–H and O–H groups in total. The van der Waals surface area contributed by atoms with Gasteiger partial charge < -0.3 is 10.1 Å². The molecule has 0 aliphatic carbocycles. The number of aromatic amines is 1. The zero-order valence-corrected chi connectivity index (χ0v) is 12.7. The molecule has 0 saturated carbocycles. The predicted molar refractivity (Wildman–Crippen MR) is 90.4 cm³/mol. The van der Waals surface area contributed by atoms with E-state index in [1.54, 1.807) is 12.1 Å². The van der Waals surface area contributed by atoms with Crippen LogP contribution in [0.15, 0.2) is 49.0 Å². The summed E-state index contributed by atoms with van der Waals surface area (Å²) in [4.78, 5) is 14.3. The number of halogens is 1. The van der Waals surface area contributed by atoms with E-state index in [0.717, 1.165) is 33.3 Å². The van der Waals surface area contributed by atoms with Crippen LogP contribution in [0, 0.1) is 0 Å². The smallest absolute Gasteiger partial charge is 0.335 e. The van der Waals surface area contributed by atoms with Crippen molar-refractivity contribution in [2.24, 2.45) is 0 Å². The molecule has 0 atom stereocenters. The fourth-order valence-corrected chi connectivity index (χ4v) is 2.77. The highest BCUT2D eigenvalue weighted by molar-refractivity contribution is 6.34. The lowest BCUT2D eigenvalue weighted by atomic mass is 10.00. The summed E-state index contributed by atoms with van der Waals surface area (Å²) < 4.78 is 0. The number of rotatable bonds is 3. The summed E-state index contributed by atoms with van der Waals surface area (Å²) in [5.74, 6) is -0.988. The van der Waals surface area contributed by atoms with Gasteiger partial charge in [0.15, 0.2) is 0 Å². The Kier molecular flexibility index (Phi) is 3.51. The Hall–Kier alpha value is -2.52. The quantitative estimate of drug-likeness (QED) is 0.696. The Morgan fingerprint density at radius 3 is 2.59 bits per heavy atom. The molecule has 0 spiro atoms. The number of allylic oxidation sites excluding steroid dienone is 1. The van der Waals surface area contributed by atoms with Crippen LogP contribution < -0.4 is 0 Å². The van der Waals surface area contributed by atoms with Gasteiger partial charge in [-0.05, 0) is 42.3 Å². The zero-order valence-electron chi connectivity index (χ0n) is 12.0. The number of carboxylic acid groups (broad SMARTS) is 1. The number of aromatic carboxylic acids is 1. The second-order valence-electron chi connectivity index (χ2n) is 5.23. The number of hydrogen-bond donors (Lipinski definition) is 2. The molecule has 0 amide bonds. The van der Waals surface area contributed by atoms with Crippen molar-refractivity contribution in [3.8, 4) is 11.1 Å². The van der Waals surface area contributed by atoms with Crippen LogP contribution in [-0.4, -0.2) is 16.1 Å². The van der Waals surface area contributed by atoms with Crippen molar-refractivity contribution in [3.63, 3.8) is 0 Å². The molecule has 3 rings (SSSR count). The van der Waals surface area contributed by atoms with E-state index < -0.39 is 5.97 Å². The second-order valence-corrected chi connectivity index (χ2v) is 5.64. The van der Waals surface area contributed by atoms with E-state index in [1.807, 2.05) is 31.2 Å². The van der Waals surface area contributed by atoms with Crippen molar-refractivity contribution in [1.29, 1.82) is 0 Å². The average molecular weight is 312 g/mol. The first-order chi connectivity index (χ1) is 10.5. The van der Waals surface area contributed by atoms with E-state index in [1.165, 1.54) is 6.07 Å². The summed E-state index contributed by atoms with van der Waals surface area (Å²) in [5, 5.41) is 10.5. The molecule has 22 heavy (non-hydrogen) atoms. The number of H-pyrrole nitrogens is 1. The lowest BCUT2D eigenvalue weighted by molar-refractivity contribution is 0.0697. The minimum absolute atomic E-state index is 0.178. The first-order valence-corrected chi connectivity index (χ1v) is 7.16. The summed E-state index contributed by atoms with van der Waals surface area (Å²) in [6.07, 6.45) is 0. The second kappa shape index (κ2) is 5.35. The zero-order chi connectivity index (χ0) is 15.9. The molecule has 0 saturated heterocycles. The average Bonchev–Trinajstić information content (AvgIpc) is 2.91. The van der Waals surface area contributed by atoms with Gasteiger partial charge in [-0.2, -0.15) is 0 Å². The van der Waals surface area contributed by atoms with Crippen LogP contribution in [0.3, 0.4) is 0 Å². The maximum absolute atomic E-state index is 11.0. The van der Waals surface area contributed by atoms with Gasteiger partial charge in [0.2, 0.25) is 0 Å². The van der Waals surface area contributed by atoms with Crippen molar-refractivity contribution in [3.05, 3.63) is 65.3 Å². The van der Waals surface area contributed by atoms with E-state index in [2.05, 4.69) is 11.6 Å². The molecule has 0 bridgehead atoms. The fourth-order valence-electron chi connectivity index (χ4n) is 2.49. The summed E-state index contributed by atoms with van der Waals surface area (Å²) in [6.45, 7) is 5.89. The molecule has 0 aliphatic heterocycles. The Morgan fingerprint density at radius 1 is 1.18 bits per heavy atom. The molecule has 1 heterocycles. The Balaban J connectivity index is 2.22. The lowest BCUT2D eigenvalue weighted by Crippen LogP contribution is -1.96. The fraction of sp³-hybridized carbons (Fsp3) is 0.0556. The number of hydrogen-bond acceptors (Lipinski definition) is 1. The summed E-state index contributed by atoms with van der Waals surface area (Å²) in [7, 11) is 0. The van der Waals surface area contributed by atoms with Crippen molar-refractivity contribution in [2.45, 2.75) is 6.92 Å². The van der Waals surface area contributed by atoms with Crippen LogP contribution in [0.5, 0.6) is 0 Å². The highest BCUT2D eigenvalue weighted by atomic mass is 35.5. The largest absolute Gasteiger partial charge is 0.478 e. The molecule has 2 aromatic carbocycles. The van der Waals surface area contributed by atoms with Gasteiger partial charge in [-0.1, -0.05) is 36.4 Å². The summed E-state index contributed by atoms with van der Waals surface area (Å²) in [6, 6.07) is 12.7. The number of carbonyl (C=O) groups is 1. The molecule has 4 heteroatoms.